The molecule has 0 bridgehead atoms. The number of aromatic nitrogens is 1. The maximum atomic E-state index is 13.6. The third-order valence-corrected chi connectivity index (χ3v) is 5.84. The fourth-order valence-corrected chi connectivity index (χ4v) is 3.76. The van der Waals surface area contributed by atoms with Gasteiger partial charge in [-0.05, 0) is 72.7 Å². The SMILES string of the molecule is CN=C(/C=C(\C=C\C1CCOCC1)c1cc(NC(=O)c2ccnc(C(C)(F)F)c2)ccc1C)C(=O)O. The zero-order valence-corrected chi connectivity index (χ0v) is 20.4. The molecule has 1 aromatic heterocycles. The highest BCUT2D eigenvalue weighted by Crippen LogP contribution is 2.28. The van der Waals surface area contributed by atoms with Crippen molar-refractivity contribution in [1.82, 2.24) is 4.98 Å². The van der Waals surface area contributed by atoms with E-state index in [0.717, 1.165) is 31.4 Å². The van der Waals surface area contributed by atoms with E-state index in [1.165, 1.54) is 25.4 Å². The molecular weight excluding hydrogens is 468 g/mol. The molecule has 0 unspecified atom stereocenters. The van der Waals surface area contributed by atoms with Crippen LogP contribution in [0.25, 0.3) is 5.57 Å². The van der Waals surface area contributed by atoms with Crippen molar-refractivity contribution in [2.24, 2.45) is 10.9 Å². The number of halogens is 2. The van der Waals surface area contributed by atoms with Gasteiger partial charge in [0.1, 0.15) is 11.4 Å². The number of carboxylic acids is 1. The fraction of sp³-hybridized carbons (Fsp3) is 0.333. The molecule has 2 aromatic rings. The van der Waals surface area contributed by atoms with Crippen LogP contribution in [0.15, 0.2) is 59.7 Å². The number of aryl methyl sites for hydroxylation is 1. The van der Waals surface area contributed by atoms with Crippen molar-refractivity contribution in [2.45, 2.75) is 32.6 Å². The van der Waals surface area contributed by atoms with Gasteiger partial charge in [0.25, 0.3) is 11.8 Å². The summed E-state index contributed by atoms with van der Waals surface area (Å²) in [5.74, 6) is -4.60. The molecule has 0 aliphatic carbocycles. The summed E-state index contributed by atoms with van der Waals surface area (Å²) in [6.45, 7) is 3.94. The lowest BCUT2D eigenvalue weighted by atomic mass is 9.94. The quantitative estimate of drug-likeness (QED) is 0.382. The van der Waals surface area contributed by atoms with Gasteiger partial charge in [0, 0.05) is 44.6 Å². The van der Waals surface area contributed by atoms with E-state index >= 15 is 0 Å². The van der Waals surface area contributed by atoms with Gasteiger partial charge in [0.2, 0.25) is 0 Å². The van der Waals surface area contributed by atoms with Crippen LogP contribution in [-0.2, 0) is 15.5 Å². The van der Waals surface area contributed by atoms with Gasteiger partial charge in [-0.25, -0.2) is 4.79 Å². The smallest absolute Gasteiger partial charge is 0.354 e. The number of carbonyl (C=O) groups is 2. The van der Waals surface area contributed by atoms with Gasteiger partial charge in [-0.3, -0.25) is 14.8 Å². The van der Waals surface area contributed by atoms with Crippen molar-refractivity contribution in [2.75, 3.05) is 25.6 Å². The minimum atomic E-state index is -3.17. The second kappa shape index (κ2) is 11.8. The number of hydrogen-bond donors (Lipinski definition) is 2. The minimum Gasteiger partial charge on any atom is -0.477 e. The van der Waals surface area contributed by atoms with Crippen LogP contribution in [0.2, 0.25) is 0 Å². The van der Waals surface area contributed by atoms with Crippen LogP contribution in [0.3, 0.4) is 0 Å². The van der Waals surface area contributed by atoms with Gasteiger partial charge in [-0.15, -0.1) is 0 Å². The molecule has 1 amide bonds. The maximum absolute atomic E-state index is 13.6. The summed E-state index contributed by atoms with van der Waals surface area (Å²) in [6.07, 6.45) is 8.31. The van der Waals surface area contributed by atoms with E-state index in [1.807, 2.05) is 19.1 Å². The molecule has 0 radical (unpaired) electrons. The maximum Gasteiger partial charge on any atom is 0.354 e. The van der Waals surface area contributed by atoms with E-state index in [0.29, 0.717) is 36.0 Å². The Hall–Kier alpha value is -3.72. The minimum absolute atomic E-state index is 0.0464. The van der Waals surface area contributed by atoms with Gasteiger partial charge < -0.3 is 15.2 Å². The van der Waals surface area contributed by atoms with Crippen molar-refractivity contribution in [3.05, 3.63) is 77.1 Å². The Morgan fingerprint density at radius 3 is 2.58 bits per heavy atom. The number of alkyl halides is 2. The van der Waals surface area contributed by atoms with Gasteiger partial charge >= 0.3 is 5.97 Å². The number of hydrogen-bond acceptors (Lipinski definition) is 5. The summed E-state index contributed by atoms with van der Waals surface area (Å²) in [7, 11) is 1.41. The van der Waals surface area contributed by atoms with Crippen LogP contribution in [0.5, 0.6) is 0 Å². The molecule has 2 heterocycles. The number of carboxylic acid groups (broad SMARTS) is 1. The molecule has 0 atom stereocenters. The Morgan fingerprint density at radius 1 is 1.22 bits per heavy atom. The van der Waals surface area contributed by atoms with E-state index in [1.54, 1.807) is 18.2 Å². The molecule has 3 rings (SSSR count). The van der Waals surface area contributed by atoms with E-state index in [2.05, 4.69) is 15.3 Å². The van der Waals surface area contributed by atoms with Gasteiger partial charge in [-0.2, -0.15) is 8.78 Å². The number of ether oxygens (including phenoxy) is 1. The Balaban J connectivity index is 1.94. The average molecular weight is 498 g/mol. The molecule has 0 spiro atoms. The lowest BCUT2D eigenvalue weighted by molar-refractivity contribution is -0.129. The van der Waals surface area contributed by atoms with Crippen LogP contribution >= 0.6 is 0 Å². The Labute approximate surface area is 208 Å². The normalized spacial score (nSPS) is 15.8. The Morgan fingerprint density at radius 2 is 1.94 bits per heavy atom. The highest BCUT2D eigenvalue weighted by Gasteiger charge is 2.27. The number of anilines is 1. The largest absolute Gasteiger partial charge is 0.477 e. The van der Waals surface area contributed by atoms with Crippen molar-refractivity contribution < 1.29 is 28.2 Å². The molecule has 190 valence electrons. The molecule has 1 aliphatic heterocycles. The number of nitrogens with one attached hydrogen (secondary N) is 1. The van der Waals surface area contributed by atoms with Crippen molar-refractivity contribution >= 4 is 28.8 Å². The van der Waals surface area contributed by atoms with E-state index in [9.17, 15) is 23.5 Å². The standard InChI is InChI=1S/C27H29F2N3O4/c1-17-4-7-21(32-25(33)20-8-11-31-24(15-20)27(2,28)29)16-22(17)19(14-23(30-3)26(34)35)6-5-18-9-12-36-13-10-18/h4-8,11,14-16,18H,9-10,12-13H2,1-3H3,(H,32,33)(H,34,35)/b6-5+,19-14+,30-23?. The highest BCUT2D eigenvalue weighted by molar-refractivity contribution is 6.41. The predicted molar refractivity (Wildman–Crippen MR) is 135 cm³/mol. The Kier molecular flexibility index (Phi) is 8.82. The lowest BCUT2D eigenvalue weighted by Crippen LogP contribution is -2.16. The van der Waals surface area contributed by atoms with E-state index < -0.39 is 23.5 Å². The molecule has 7 nitrogen and oxygen atoms in total. The second-order valence-corrected chi connectivity index (χ2v) is 8.62. The van der Waals surface area contributed by atoms with Crippen molar-refractivity contribution in [1.29, 1.82) is 0 Å². The summed E-state index contributed by atoms with van der Waals surface area (Å²) in [5.41, 5.74) is 2.05. The number of benzene rings is 1. The monoisotopic (exact) mass is 497 g/mol. The number of amides is 1. The van der Waals surface area contributed by atoms with Gasteiger partial charge in [0.05, 0.1) is 0 Å². The third kappa shape index (κ3) is 7.14. The molecule has 36 heavy (non-hydrogen) atoms. The molecule has 2 N–H and O–H groups in total. The predicted octanol–water partition coefficient (Wildman–Crippen LogP) is 5.28. The molecule has 1 aliphatic rings. The van der Waals surface area contributed by atoms with Crippen molar-refractivity contribution in [3.63, 3.8) is 0 Å². The number of nitrogens with zero attached hydrogens (tertiary/aromatic N) is 2. The number of aliphatic carboxylic acids is 1. The first-order valence-corrected chi connectivity index (χ1v) is 11.5. The number of pyridine rings is 1. The summed E-state index contributed by atoms with van der Waals surface area (Å²) in [4.78, 5) is 31.9. The summed E-state index contributed by atoms with van der Waals surface area (Å²) in [5, 5.41) is 12.2. The Bertz CT molecular complexity index is 1210. The molecule has 1 fully saturated rings. The second-order valence-electron chi connectivity index (χ2n) is 8.62. The number of allylic oxidation sites excluding steroid dienone is 3. The summed E-state index contributed by atoms with van der Waals surface area (Å²) in [6, 6.07) is 7.63. The summed E-state index contributed by atoms with van der Waals surface area (Å²) < 4.78 is 32.7. The van der Waals surface area contributed by atoms with Crippen molar-refractivity contribution in [3.8, 4) is 0 Å². The lowest BCUT2D eigenvalue weighted by Gasteiger charge is -2.19. The number of rotatable bonds is 8. The topological polar surface area (TPSA) is 101 Å². The molecular formula is C27H29F2N3O4. The van der Waals surface area contributed by atoms with Gasteiger partial charge in [-0.1, -0.05) is 18.2 Å². The molecule has 1 saturated heterocycles. The zero-order chi connectivity index (χ0) is 26.3. The fourth-order valence-electron chi connectivity index (χ4n) is 3.76. The van der Waals surface area contributed by atoms with E-state index in [-0.39, 0.29) is 11.3 Å². The van der Waals surface area contributed by atoms with E-state index in [4.69, 9.17) is 4.74 Å². The first kappa shape index (κ1) is 26.9. The first-order chi connectivity index (χ1) is 17.1. The van der Waals surface area contributed by atoms with Crippen LogP contribution in [-0.4, -0.2) is 47.9 Å². The molecule has 0 saturated carbocycles. The van der Waals surface area contributed by atoms with Crippen LogP contribution in [0.4, 0.5) is 14.5 Å². The van der Waals surface area contributed by atoms with Gasteiger partial charge in [0.15, 0.2) is 0 Å². The summed E-state index contributed by atoms with van der Waals surface area (Å²) >= 11 is 0. The average Bonchev–Trinajstić information content (AvgIpc) is 2.85. The number of carbonyl (C=O) groups excluding carboxylic acids is 1. The number of aliphatic imine (C=N–C) groups is 1. The third-order valence-electron chi connectivity index (χ3n) is 5.84. The zero-order valence-electron chi connectivity index (χ0n) is 20.4. The highest BCUT2D eigenvalue weighted by atomic mass is 19.3. The van der Waals surface area contributed by atoms with Crippen LogP contribution in [0.1, 0.15) is 46.9 Å². The molecule has 1 aromatic carbocycles. The van der Waals surface area contributed by atoms with Crippen LogP contribution < -0.4 is 5.32 Å². The molecule has 9 heteroatoms. The van der Waals surface area contributed by atoms with Crippen LogP contribution in [0, 0.1) is 12.8 Å². The first-order valence-electron chi connectivity index (χ1n) is 11.5.